The molecule has 0 aliphatic rings. The van der Waals surface area contributed by atoms with E-state index in [0.717, 1.165) is 24.5 Å². The number of benzene rings is 1. The molecule has 1 aromatic carbocycles. The third-order valence-electron chi connectivity index (χ3n) is 3.24. The molecule has 2 rings (SSSR count). The average molecular weight is 285 g/mol. The molecule has 21 heavy (non-hydrogen) atoms. The maximum Gasteiger partial charge on any atom is 0.119 e. The number of hydrogen-bond donors (Lipinski definition) is 1. The predicted molar refractivity (Wildman–Crippen MR) is 84.3 cm³/mol. The van der Waals surface area contributed by atoms with Crippen LogP contribution in [0.25, 0.3) is 0 Å². The first-order chi connectivity index (χ1) is 10.1. The number of aliphatic hydroxyl groups is 1. The van der Waals surface area contributed by atoms with E-state index in [4.69, 9.17) is 4.74 Å². The minimum atomic E-state index is -0.511. The summed E-state index contributed by atoms with van der Waals surface area (Å²) in [5.41, 5.74) is 1.93. The SMILES string of the molecule is CC(C)COc1ccc(CCC(O)c2ccccn2)cc1. The zero-order valence-corrected chi connectivity index (χ0v) is 12.7. The molecule has 0 amide bonds. The van der Waals surface area contributed by atoms with Crippen LogP contribution < -0.4 is 4.74 Å². The summed E-state index contributed by atoms with van der Waals surface area (Å²) in [5.74, 6) is 1.43. The van der Waals surface area contributed by atoms with Gasteiger partial charge in [-0.3, -0.25) is 4.98 Å². The molecule has 0 aliphatic heterocycles. The summed E-state index contributed by atoms with van der Waals surface area (Å²) in [6.07, 6.45) is 2.69. The fourth-order valence-electron chi connectivity index (χ4n) is 2.04. The highest BCUT2D eigenvalue weighted by molar-refractivity contribution is 5.27. The van der Waals surface area contributed by atoms with Gasteiger partial charge in [-0.25, -0.2) is 0 Å². The summed E-state index contributed by atoms with van der Waals surface area (Å²) in [4.78, 5) is 4.18. The van der Waals surface area contributed by atoms with E-state index in [2.05, 4.69) is 31.0 Å². The lowest BCUT2D eigenvalue weighted by atomic mass is 10.0. The van der Waals surface area contributed by atoms with Gasteiger partial charge < -0.3 is 9.84 Å². The Bertz CT molecular complexity index is 523. The van der Waals surface area contributed by atoms with Gasteiger partial charge in [-0.1, -0.05) is 32.0 Å². The van der Waals surface area contributed by atoms with Gasteiger partial charge in [0.15, 0.2) is 0 Å². The lowest BCUT2D eigenvalue weighted by molar-refractivity contribution is 0.163. The minimum Gasteiger partial charge on any atom is -0.493 e. The number of ether oxygens (including phenoxy) is 1. The van der Waals surface area contributed by atoms with Gasteiger partial charge in [-0.2, -0.15) is 0 Å². The van der Waals surface area contributed by atoms with Crippen molar-refractivity contribution in [1.82, 2.24) is 4.98 Å². The van der Waals surface area contributed by atoms with Crippen molar-refractivity contribution < 1.29 is 9.84 Å². The predicted octanol–water partition coefficient (Wildman–Crippen LogP) is 3.78. The molecule has 0 saturated heterocycles. The van der Waals surface area contributed by atoms with Crippen molar-refractivity contribution in [3.8, 4) is 5.75 Å². The first kappa shape index (κ1) is 15.5. The smallest absolute Gasteiger partial charge is 0.119 e. The highest BCUT2D eigenvalue weighted by Crippen LogP contribution is 2.19. The molecule has 0 spiro atoms. The Morgan fingerprint density at radius 3 is 2.48 bits per heavy atom. The van der Waals surface area contributed by atoms with Crippen molar-refractivity contribution >= 4 is 0 Å². The number of nitrogens with zero attached hydrogens (tertiary/aromatic N) is 1. The van der Waals surface area contributed by atoms with Gasteiger partial charge in [0.25, 0.3) is 0 Å². The number of aliphatic hydroxyl groups excluding tert-OH is 1. The third-order valence-corrected chi connectivity index (χ3v) is 3.24. The van der Waals surface area contributed by atoms with Crippen LogP contribution in [-0.2, 0) is 6.42 Å². The van der Waals surface area contributed by atoms with Crippen molar-refractivity contribution in [2.45, 2.75) is 32.8 Å². The molecular weight excluding hydrogens is 262 g/mol. The second kappa shape index (κ2) is 7.79. The second-order valence-electron chi connectivity index (χ2n) is 5.66. The highest BCUT2D eigenvalue weighted by Gasteiger charge is 2.08. The average Bonchev–Trinajstić information content (AvgIpc) is 2.52. The second-order valence-corrected chi connectivity index (χ2v) is 5.66. The van der Waals surface area contributed by atoms with Crippen molar-refractivity contribution in [1.29, 1.82) is 0 Å². The Labute approximate surface area is 126 Å². The number of aryl methyl sites for hydroxylation is 1. The molecule has 0 bridgehead atoms. The van der Waals surface area contributed by atoms with Crippen molar-refractivity contribution in [3.63, 3.8) is 0 Å². The fourth-order valence-corrected chi connectivity index (χ4v) is 2.04. The van der Waals surface area contributed by atoms with E-state index in [-0.39, 0.29) is 0 Å². The first-order valence-corrected chi connectivity index (χ1v) is 7.46. The van der Waals surface area contributed by atoms with Crippen LogP contribution in [0.3, 0.4) is 0 Å². The van der Waals surface area contributed by atoms with E-state index >= 15 is 0 Å². The van der Waals surface area contributed by atoms with Gasteiger partial charge in [-0.05, 0) is 48.6 Å². The molecule has 0 aliphatic carbocycles. The van der Waals surface area contributed by atoms with Crippen LogP contribution in [0, 0.1) is 5.92 Å². The third kappa shape index (κ3) is 5.20. The van der Waals surface area contributed by atoms with E-state index in [1.54, 1.807) is 6.20 Å². The Kier molecular flexibility index (Phi) is 5.76. The Hall–Kier alpha value is -1.87. The molecule has 1 aromatic heterocycles. The topological polar surface area (TPSA) is 42.4 Å². The Balaban J connectivity index is 1.83. The molecule has 0 saturated carbocycles. The first-order valence-electron chi connectivity index (χ1n) is 7.46. The van der Waals surface area contributed by atoms with E-state index in [0.29, 0.717) is 12.3 Å². The van der Waals surface area contributed by atoms with Gasteiger partial charge in [-0.15, -0.1) is 0 Å². The quantitative estimate of drug-likeness (QED) is 0.841. The maximum atomic E-state index is 10.1. The zero-order valence-electron chi connectivity index (χ0n) is 12.7. The standard InChI is InChI=1S/C18H23NO2/c1-14(2)13-21-16-9-6-15(7-10-16)8-11-18(20)17-5-3-4-12-19-17/h3-7,9-10,12,14,18,20H,8,11,13H2,1-2H3. The summed E-state index contributed by atoms with van der Waals surface area (Å²) in [7, 11) is 0. The highest BCUT2D eigenvalue weighted by atomic mass is 16.5. The van der Waals surface area contributed by atoms with Crippen LogP contribution in [0.4, 0.5) is 0 Å². The lowest BCUT2D eigenvalue weighted by Crippen LogP contribution is -2.04. The van der Waals surface area contributed by atoms with Gasteiger partial charge in [0.05, 0.1) is 18.4 Å². The Morgan fingerprint density at radius 1 is 1.10 bits per heavy atom. The summed E-state index contributed by atoms with van der Waals surface area (Å²) >= 11 is 0. The van der Waals surface area contributed by atoms with Crippen molar-refractivity contribution in [3.05, 3.63) is 59.9 Å². The molecule has 3 nitrogen and oxygen atoms in total. The molecule has 0 fully saturated rings. The molecule has 0 radical (unpaired) electrons. The molecule has 3 heteroatoms. The molecule has 112 valence electrons. The summed E-state index contributed by atoms with van der Waals surface area (Å²) < 4.78 is 5.66. The zero-order chi connectivity index (χ0) is 15.1. The molecule has 2 aromatic rings. The van der Waals surface area contributed by atoms with E-state index in [1.807, 2.05) is 30.3 Å². The Morgan fingerprint density at radius 2 is 1.86 bits per heavy atom. The largest absolute Gasteiger partial charge is 0.493 e. The lowest BCUT2D eigenvalue weighted by Gasteiger charge is -2.11. The van der Waals surface area contributed by atoms with Crippen LogP contribution in [0.2, 0.25) is 0 Å². The van der Waals surface area contributed by atoms with Crippen molar-refractivity contribution in [2.75, 3.05) is 6.61 Å². The van der Waals surface area contributed by atoms with Gasteiger partial charge >= 0.3 is 0 Å². The summed E-state index contributed by atoms with van der Waals surface area (Å²) in [6.45, 7) is 5.00. The number of pyridine rings is 1. The molecular formula is C18H23NO2. The van der Waals surface area contributed by atoms with Crippen LogP contribution in [0.5, 0.6) is 5.75 Å². The van der Waals surface area contributed by atoms with Crippen molar-refractivity contribution in [2.24, 2.45) is 5.92 Å². The van der Waals surface area contributed by atoms with E-state index < -0.39 is 6.10 Å². The van der Waals surface area contributed by atoms with Crippen LogP contribution in [-0.4, -0.2) is 16.7 Å². The van der Waals surface area contributed by atoms with Gasteiger partial charge in [0, 0.05) is 6.20 Å². The molecule has 1 N–H and O–H groups in total. The number of aromatic nitrogens is 1. The maximum absolute atomic E-state index is 10.1. The van der Waals surface area contributed by atoms with Crippen LogP contribution in [0.15, 0.2) is 48.7 Å². The monoisotopic (exact) mass is 285 g/mol. The van der Waals surface area contributed by atoms with Gasteiger partial charge in [0.2, 0.25) is 0 Å². The molecule has 1 unspecified atom stereocenters. The van der Waals surface area contributed by atoms with Crippen LogP contribution in [0.1, 0.15) is 37.6 Å². The molecule has 1 heterocycles. The summed E-state index contributed by atoms with van der Waals surface area (Å²) in [5, 5.41) is 10.1. The van der Waals surface area contributed by atoms with Crippen LogP contribution >= 0.6 is 0 Å². The van der Waals surface area contributed by atoms with E-state index in [9.17, 15) is 5.11 Å². The number of hydrogen-bond acceptors (Lipinski definition) is 3. The minimum absolute atomic E-state index is 0.511. The van der Waals surface area contributed by atoms with E-state index in [1.165, 1.54) is 5.56 Å². The fraction of sp³-hybridized carbons (Fsp3) is 0.389. The van der Waals surface area contributed by atoms with Gasteiger partial charge in [0.1, 0.15) is 5.75 Å². The normalized spacial score (nSPS) is 12.4. The summed E-state index contributed by atoms with van der Waals surface area (Å²) in [6, 6.07) is 13.7. The molecule has 1 atom stereocenters. The number of rotatable bonds is 7.